The Morgan fingerprint density at radius 2 is 1.89 bits per heavy atom. The van der Waals surface area contributed by atoms with Gasteiger partial charge in [0.25, 0.3) is 0 Å². The number of likely N-dealkylation sites (tertiary alicyclic amines) is 1. The largest absolute Gasteiger partial charge is 0.336 e. The molecule has 27 heavy (non-hydrogen) atoms. The Morgan fingerprint density at radius 1 is 1.15 bits per heavy atom. The van der Waals surface area contributed by atoms with Crippen LogP contribution in [0.3, 0.4) is 0 Å². The first kappa shape index (κ1) is 19.9. The van der Waals surface area contributed by atoms with Crippen LogP contribution in [-0.2, 0) is 0 Å². The van der Waals surface area contributed by atoms with Crippen molar-refractivity contribution in [2.75, 3.05) is 40.3 Å². The van der Waals surface area contributed by atoms with Gasteiger partial charge in [0, 0.05) is 18.0 Å². The zero-order chi connectivity index (χ0) is 19.1. The van der Waals surface area contributed by atoms with Crippen LogP contribution < -0.4 is 10.6 Å². The molecule has 2 atom stereocenters. The molecule has 3 rings (SSSR count). The summed E-state index contributed by atoms with van der Waals surface area (Å²) in [6.45, 7) is 3.62. The molecule has 2 unspecified atom stereocenters. The Hall–Kier alpha value is -1.89. The minimum Gasteiger partial charge on any atom is -0.336 e. The van der Waals surface area contributed by atoms with Crippen LogP contribution in [0.2, 0.25) is 0 Å². The molecular weight excluding hydrogens is 356 g/mol. The van der Waals surface area contributed by atoms with E-state index in [0.717, 1.165) is 25.2 Å². The highest BCUT2D eigenvalue weighted by Crippen LogP contribution is 2.27. The number of likely N-dealkylation sites (N-methyl/N-ethyl adjacent to an activating group) is 1. The molecule has 1 aromatic heterocycles. The molecule has 1 saturated heterocycles. The maximum atomic E-state index is 12.6. The van der Waals surface area contributed by atoms with E-state index in [9.17, 15) is 4.79 Å². The molecule has 0 radical (unpaired) electrons. The molecule has 0 bridgehead atoms. The molecule has 0 saturated carbocycles. The van der Waals surface area contributed by atoms with Crippen molar-refractivity contribution >= 4 is 17.4 Å². The standard InChI is InChI=1S/C21H30N4OS/c1-24(2)16-18(17-9-4-3-5-10-17)23-21(26)22-15-19(20-11-8-14-27-20)25-12-6-7-13-25/h3-5,8-11,14,18-19H,6-7,12-13,15-16H2,1-2H3,(H2,22,23,26). The zero-order valence-electron chi connectivity index (χ0n) is 16.2. The van der Waals surface area contributed by atoms with Gasteiger partial charge in [-0.25, -0.2) is 4.79 Å². The summed E-state index contributed by atoms with van der Waals surface area (Å²) >= 11 is 1.77. The summed E-state index contributed by atoms with van der Waals surface area (Å²) in [5.41, 5.74) is 1.12. The molecule has 5 nitrogen and oxygen atoms in total. The molecule has 2 amide bonds. The van der Waals surface area contributed by atoms with Crippen LogP contribution in [0, 0.1) is 0 Å². The second kappa shape index (κ2) is 9.88. The van der Waals surface area contributed by atoms with Crippen LogP contribution in [0.1, 0.15) is 35.4 Å². The normalized spacial score (nSPS) is 17.0. The first-order valence-corrected chi connectivity index (χ1v) is 10.5. The quantitative estimate of drug-likeness (QED) is 0.730. The van der Waals surface area contributed by atoms with Crippen molar-refractivity contribution in [2.45, 2.75) is 24.9 Å². The van der Waals surface area contributed by atoms with Crippen LogP contribution in [0.15, 0.2) is 47.8 Å². The molecule has 2 aromatic rings. The first-order chi connectivity index (χ1) is 13.1. The van der Waals surface area contributed by atoms with E-state index < -0.39 is 0 Å². The Bertz CT molecular complexity index is 683. The van der Waals surface area contributed by atoms with Crippen molar-refractivity contribution in [1.82, 2.24) is 20.4 Å². The zero-order valence-corrected chi connectivity index (χ0v) is 17.0. The molecule has 6 heteroatoms. The molecule has 1 fully saturated rings. The number of nitrogens with zero attached hydrogens (tertiary/aromatic N) is 2. The number of amides is 2. The number of rotatable bonds is 8. The van der Waals surface area contributed by atoms with E-state index in [4.69, 9.17) is 0 Å². The van der Waals surface area contributed by atoms with Gasteiger partial charge in [0.1, 0.15) is 0 Å². The molecule has 2 N–H and O–H groups in total. The lowest BCUT2D eigenvalue weighted by Crippen LogP contribution is -2.44. The summed E-state index contributed by atoms with van der Waals surface area (Å²) in [7, 11) is 4.05. The highest BCUT2D eigenvalue weighted by atomic mass is 32.1. The van der Waals surface area contributed by atoms with Gasteiger partial charge in [0.15, 0.2) is 0 Å². The van der Waals surface area contributed by atoms with Gasteiger partial charge in [-0.1, -0.05) is 36.4 Å². The Morgan fingerprint density at radius 3 is 2.52 bits per heavy atom. The number of nitrogens with one attached hydrogen (secondary N) is 2. The highest BCUT2D eigenvalue weighted by Gasteiger charge is 2.25. The van der Waals surface area contributed by atoms with E-state index in [1.807, 2.05) is 32.3 Å². The summed E-state index contributed by atoms with van der Waals surface area (Å²) in [4.78, 5) is 18.5. The summed E-state index contributed by atoms with van der Waals surface area (Å²) in [6.07, 6.45) is 2.49. The molecule has 0 aliphatic carbocycles. The van der Waals surface area contributed by atoms with Crippen LogP contribution >= 0.6 is 11.3 Å². The van der Waals surface area contributed by atoms with E-state index in [-0.39, 0.29) is 18.1 Å². The van der Waals surface area contributed by atoms with Gasteiger partial charge in [0.2, 0.25) is 0 Å². The number of thiophene rings is 1. The maximum absolute atomic E-state index is 12.6. The van der Waals surface area contributed by atoms with Gasteiger partial charge in [-0.3, -0.25) is 4.90 Å². The Labute approximate surface area is 166 Å². The van der Waals surface area contributed by atoms with Gasteiger partial charge >= 0.3 is 6.03 Å². The van der Waals surface area contributed by atoms with Crippen molar-refractivity contribution < 1.29 is 4.79 Å². The van der Waals surface area contributed by atoms with Gasteiger partial charge < -0.3 is 15.5 Å². The Kier molecular flexibility index (Phi) is 7.26. The Balaban J connectivity index is 1.60. The van der Waals surface area contributed by atoms with E-state index in [1.54, 1.807) is 11.3 Å². The van der Waals surface area contributed by atoms with Crippen LogP contribution in [-0.4, -0.2) is 56.1 Å². The van der Waals surface area contributed by atoms with E-state index >= 15 is 0 Å². The van der Waals surface area contributed by atoms with Gasteiger partial charge in [-0.2, -0.15) is 0 Å². The number of carbonyl (C=O) groups excluding carboxylic acids is 1. The number of urea groups is 1. The second-order valence-corrected chi connectivity index (χ2v) is 8.33. The smallest absolute Gasteiger partial charge is 0.315 e. The van der Waals surface area contributed by atoms with Crippen molar-refractivity contribution in [2.24, 2.45) is 0 Å². The second-order valence-electron chi connectivity index (χ2n) is 7.35. The topological polar surface area (TPSA) is 47.6 Å². The van der Waals surface area contributed by atoms with Gasteiger partial charge in [-0.15, -0.1) is 11.3 Å². The fraction of sp³-hybridized carbons (Fsp3) is 0.476. The first-order valence-electron chi connectivity index (χ1n) is 9.65. The lowest BCUT2D eigenvalue weighted by Gasteiger charge is -2.28. The van der Waals surface area contributed by atoms with Crippen LogP contribution in [0.25, 0.3) is 0 Å². The monoisotopic (exact) mass is 386 g/mol. The summed E-state index contributed by atoms with van der Waals surface area (Å²) < 4.78 is 0. The molecule has 2 heterocycles. The number of carbonyl (C=O) groups is 1. The van der Waals surface area contributed by atoms with E-state index in [1.165, 1.54) is 17.7 Å². The van der Waals surface area contributed by atoms with Crippen molar-refractivity contribution in [3.63, 3.8) is 0 Å². The van der Waals surface area contributed by atoms with Crippen LogP contribution in [0.5, 0.6) is 0 Å². The van der Waals surface area contributed by atoms with Gasteiger partial charge in [-0.05, 0) is 57.0 Å². The molecule has 1 aliphatic rings. The molecule has 146 valence electrons. The van der Waals surface area contributed by atoms with E-state index in [0.29, 0.717) is 6.54 Å². The summed E-state index contributed by atoms with van der Waals surface area (Å²) in [6, 6.07) is 14.5. The van der Waals surface area contributed by atoms with E-state index in [2.05, 4.69) is 50.1 Å². The summed E-state index contributed by atoms with van der Waals surface area (Å²) in [5.74, 6) is 0. The summed E-state index contributed by atoms with van der Waals surface area (Å²) in [5, 5.41) is 8.38. The highest BCUT2D eigenvalue weighted by molar-refractivity contribution is 7.10. The minimum atomic E-state index is -0.105. The predicted molar refractivity (Wildman–Crippen MR) is 112 cm³/mol. The third-order valence-corrected chi connectivity index (χ3v) is 5.94. The molecule has 0 spiro atoms. The molecule has 1 aromatic carbocycles. The van der Waals surface area contributed by atoms with Gasteiger partial charge in [0.05, 0.1) is 12.1 Å². The number of hydrogen-bond acceptors (Lipinski definition) is 4. The van der Waals surface area contributed by atoms with Crippen molar-refractivity contribution in [3.8, 4) is 0 Å². The number of benzene rings is 1. The third-order valence-electron chi connectivity index (χ3n) is 4.96. The lowest BCUT2D eigenvalue weighted by atomic mass is 10.1. The SMILES string of the molecule is CN(C)CC(NC(=O)NCC(c1cccs1)N1CCCC1)c1ccccc1. The average Bonchev–Trinajstić information content (AvgIpc) is 3.36. The third kappa shape index (κ3) is 5.79. The fourth-order valence-corrected chi connectivity index (χ4v) is 4.49. The van der Waals surface area contributed by atoms with Crippen molar-refractivity contribution in [3.05, 3.63) is 58.3 Å². The molecular formula is C21H30N4OS. The average molecular weight is 387 g/mol. The van der Waals surface area contributed by atoms with Crippen molar-refractivity contribution in [1.29, 1.82) is 0 Å². The number of hydrogen-bond donors (Lipinski definition) is 2. The van der Waals surface area contributed by atoms with Crippen LogP contribution in [0.4, 0.5) is 4.79 Å². The lowest BCUT2D eigenvalue weighted by molar-refractivity contribution is 0.217. The predicted octanol–water partition coefficient (Wildman–Crippen LogP) is 3.49. The fourth-order valence-electron chi connectivity index (χ4n) is 3.63. The molecule has 1 aliphatic heterocycles. The maximum Gasteiger partial charge on any atom is 0.315 e. The minimum absolute atomic E-state index is 0.0341.